The van der Waals surface area contributed by atoms with Crippen LogP contribution in [0.2, 0.25) is 0 Å². The van der Waals surface area contributed by atoms with Crippen LogP contribution >= 0.6 is 11.8 Å². The molecule has 4 aliphatic heterocycles. The van der Waals surface area contributed by atoms with E-state index in [1.54, 1.807) is 11.8 Å². The molecule has 150 valence electrons. The van der Waals surface area contributed by atoms with Crippen molar-refractivity contribution in [3.63, 3.8) is 0 Å². The van der Waals surface area contributed by atoms with Gasteiger partial charge in [-0.15, -0.1) is 11.8 Å². The van der Waals surface area contributed by atoms with Crippen LogP contribution in [0.4, 0.5) is 0 Å². The largest absolute Gasteiger partial charge is 0.342 e. The molecule has 0 radical (unpaired) electrons. The molecule has 0 aromatic rings. The van der Waals surface area contributed by atoms with Crippen molar-refractivity contribution in [2.24, 2.45) is 0 Å². The summed E-state index contributed by atoms with van der Waals surface area (Å²) < 4.78 is 0. The van der Waals surface area contributed by atoms with Crippen molar-refractivity contribution in [2.75, 3.05) is 51.6 Å². The number of nitrogens with zero attached hydrogens (tertiary/aromatic N) is 4. The first kappa shape index (κ1) is 19.1. The molecule has 2 atom stereocenters. The van der Waals surface area contributed by atoms with Gasteiger partial charge in [0.15, 0.2) is 0 Å². The highest BCUT2D eigenvalue weighted by Gasteiger charge is 2.53. The van der Waals surface area contributed by atoms with Gasteiger partial charge in [0.25, 0.3) is 0 Å². The summed E-state index contributed by atoms with van der Waals surface area (Å²) in [7, 11) is 0. The van der Waals surface area contributed by atoms with Crippen LogP contribution in [0, 0.1) is 0 Å². The maximum absolute atomic E-state index is 13.0. The van der Waals surface area contributed by atoms with Gasteiger partial charge in [0.1, 0.15) is 6.04 Å². The number of piperidine rings is 1. The van der Waals surface area contributed by atoms with E-state index in [0.29, 0.717) is 31.8 Å². The molecule has 2 unspecified atom stereocenters. The summed E-state index contributed by atoms with van der Waals surface area (Å²) in [6, 6.07) is -0.309. The molecule has 0 aliphatic carbocycles. The molecule has 0 aromatic carbocycles. The predicted molar refractivity (Wildman–Crippen MR) is 104 cm³/mol. The Bertz CT molecular complexity index is 616. The molecule has 4 saturated heterocycles. The highest BCUT2D eigenvalue weighted by atomic mass is 32.2. The van der Waals surface area contributed by atoms with Crippen LogP contribution in [0.3, 0.4) is 0 Å². The second-order valence-electron chi connectivity index (χ2n) is 8.31. The second kappa shape index (κ2) is 7.62. The zero-order chi connectivity index (χ0) is 19.0. The number of carbonyl (C=O) groups excluding carboxylic acids is 3. The molecule has 8 heteroatoms. The van der Waals surface area contributed by atoms with Crippen molar-refractivity contribution < 1.29 is 14.4 Å². The number of hydrogen-bond acceptors (Lipinski definition) is 5. The zero-order valence-electron chi connectivity index (χ0n) is 16.2. The fraction of sp³-hybridized carbons (Fsp3) is 0.842. The van der Waals surface area contributed by atoms with E-state index in [0.717, 1.165) is 45.4 Å². The molecule has 0 aromatic heterocycles. The Morgan fingerprint density at radius 2 is 1.74 bits per heavy atom. The van der Waals surface area contributed by atoms with Crippen LogP contribution in [-0.4, -0.2) is 99.8 Å². The lowest BCUT2D eigenvalue weighted by Crippen LogP contribution is -2.57. The first-order chi connectivity index (χ1) is 13.0. The summed E-state index contributed by atoms with van der Waals surface area (Å²) in [5, 5.41) is 0. The minimum atomic E-state index is -0.309. The third kappa shape index (κ3) is 3.70. The Hall–Kier alpha value is -1.28. The molecule has 0 saturated carbocycles. The van der Waals surface area contributed by atoms with E-state index in [1.165, 1.54) is 6.42 Å². The molecule has 7 nitrogen and oxygen atoms in total. The van der Waals surface area contributed by atoms with Crippen molar-refractivity contribution in [1.29, 1.82) is 0 Å². The molecule has 0 bridgehead atoms. The summed E-state index contributed by atoms with van der Waals surface area (Å²) in [6.45, 7) is 7.08. The second-order valence-corrected chi connectivity index (χ2v) is 9.81. The summed E-state index contributed by atoms with van der Waals surface area (Å²) >= 11 is 1.74. The standard InChI is InChI=1S/C19H30N4O3S/c1-19-6-5-16(24)23(19)15(14-27-19)18(26)22-11-9-20(10-12-22)13-17(25)21-7-3-2-4-8-21/h15H,2-14H2,1H3. The molecular formula is C19H30N4O3S. The first-order valence-corrected chi connectivity index (χ1v) is 11.2. The minimum Gasteiger partial charge on any atom is -0.342 e. The third-order valence-corrected chi connectivity index (χ3v) is 7.99. The average molecular weight is 395 g/mol. The van der Waals surface area contributed by atoms with Crippen molar-refractivity contribution in [3.8, 4) is 0 Å². The SMILES string of the molecule is CC12CCC(=O)N1C(C(=O)N1CCN(CC(=O)N3CCCCC3)CC1)CS2. The first-order valence-electron chi connectivity index (χ1n) is 10.2. The lowest BCUT2D eigenvalue weighted by Gasteiger charge is -2.38. The van der Waals surface area contributed by atoms with Gasteiger partial charge < -0.3 is 14.7 Å². The van der Waals surface area contributed by atoms with E-state index in [1.807, 2.05) is 14.7 Å². The van der Waals surface area contributed by atoms with Crippen LogP contribution < -0.4 is 0 Å². The predicted octanol–water partition coefficient (Wildman–Crippen LogP) is 0.597. The zero-order valence-corrected chi connectivity index (χ0v) is 17.0. The molecule has 4 rings (SSSR count). The van der Waals surface area contributed by atoms with Gasteiger partial charge in [-0.2, -0.15) is 0 Å². The van der Waals surface area contributed by atoms with Crippen LogP contribution in [0.1, 0.15) is 39.0 Å². The van der Waals surface area contributed by atoms with Gasteiger partial charge in [0.05, 0.1) is 11.4 Å². The third-order valence-electron chi connectivity index (χ3n) is 6.48. The Balaban J connectivity index is 1.28. The van der Waals surface area contributed by atoms with Gasteiger partial charge in [0.2, 0.25) is 17.7 Å². The number of rotatable bonds is 3. The van der Waals surface area contributed by atoms with E-state index >= 15 is 0 Å². The smallest absolute Gasteiger partial charge is 0.246 e. The highest BCUT2D eigenvalue weighted by Crippen LogP contribution is 2.47. The van der Waals surface area contributed by atoms with Gasteiger partial charge in [-0.05, 0) is 32.6 Å². The summed E-state index contributed by atoms with van der Waals surface area (Å²) in [5.74, 6) is 1.13. The molecule has 4 heterocycles. The monoisotopic (exact) mass is 394 g/mol. The maximum atomic E-state index is 13.0. The lowest BCUT2D eigenvalue weighted by atomic mass is 10.1. The topological polar surface area (TPSA) is 64.2 Å². The van der Waals surface area contributed by atoms with E-state index in [-0.39, 0.29) is 28.6 Å². The Morgan fingerprint density at radius 1 is 1.04 bits per heavy atom. The normalized spacial score (nSPS) is 32.1. The number of thioether (sulfide) groups is 1. The summed E-state index contributed by atoms with van der Waals surface area (Å²) in [6.07, 6.45) is 4.85. The van der Waals surface area contributed by atoms with Gasteiger partial charge in [-0.3, -0.25) is 19.3 Å². The van der Waals surface area contributed by atoms with Gasteiger partial charge >= 0.3 is 0 Å². The lowest BCUT2D eigenvalue weighted by molar-refractivity contribution is -0.145. The molecular weight excluding hydrogens is 364 g/mol. The minimum absolute atomic E-state index is 0.0866. The van der Waals surface area contributed by atoms with Gasteiger partial charge in [-0.25, -0.2) is 0 Å². The fourth-order valence-electron chi connectivity index (χ4n) is 4.78. The molecule has 3 amide bonds. The number of likely N-dealkylation sites (tertiary alicyclic amines) is 1. The molecule has 0 N–H and O–H groups in total. The van der Waals surface area contributed by atoms with E-state index < -0.39 is 0 Å². The average Bonchev–Trinajstić information content (AvgIpc) is 3.18. The van der Waals surface area contributed by atoms with Crippen molar-refractivity contribution >= 4 is 29.5 Å². The Kier molecular flexibility index (Phi) is 5.38. The number of carbonyl (C=O) groups is 3. The van der Waals surface area contributed by atoms with Crippen molar-refractivity contribution in [3.05, 3.63) is 0 Å². The number of hydrogen-bond donors (Lipinski definition) is 0. The molecule has 27 heavy (non-hydrogen) atoms. The number of fused-ring (bicyclic) bond motifs is 1. The van der Waals surface area contributed by atoms with Crippen molar-refractivity contribution in [2.45, 2.75) is 49.9 Å². The van der Waals surface area contributed by atoms with Gasteiger partial charge in [-0.1, -0.05) is 0 Å². The highest BCUT2D eigenvalue weighted by molar-refractivity contribution is 8.01. The van der Waals surface area contributed by atoms with Crippen molar-refractivity contribution in [1.82, 2.24) is 19.6 Å². The van der Waals surface area contributed by atoms with Crippen LogP contribution in [0.15, 0.2) is 0 Å². The summed E-state index contributed by atoms with van der Waals surface area (Å²) in [4.78, 5) is 45.4. The van der Waals surface area contributed by atoms with Gasteiger partial charge in [0, 0.05) is 51.4 Å². The quantitative estimate of drug-likeness (QED) is 0.701. The van der Waals surface area contributed by atoms with Crippen LogP contribution in [0.5, 0.6) is 0 Å². The molecule has 4 fully saturated rings. The number of amides is 3. The number of piperazine rings is 1. The van der Waals surface area contributed by atoms with Crippen LogP contribution in [-0.2, 0) is 14.4 Å². The van der Waals surface area contributed by atoms with Crippen LogP contribution in [0.25, 0.3) is 0 Å². The Labute approximate surface area is 165 Å². The van der Waals surface area contributed by atoms with E-state index in [2.05, 4.69) is 11.8 Å². The molecule has 0 spiro atoms. The maximum Gasteiger partial charge on any atom is 0.246 e. The van der Waals surface area contributed by atoms with E-state index in [4.69, 9.17) is 0 Å². The Morgan fingerprint density at radius 3 is 2.44 bits per heavy atom. The molecule has 4 aliphatic rings. The van der Waals surface area contributed by atoms with E-state index in [9.17, 15) is 14.4 Å². The summed E-state index contributed by atoms with van der Waals surface area (Å²) in [5.41, 5.74) is 0. The fourth-order valence-corrected chi connectivity index (χ4v) is 6.20.